The van der Waals surface area contributed by atoms with Gasteiger partial charge in [-0.3, -0.25) is 9.59 Å². The molecule has 0 radical (unpaired) electrons. The summed E-state index contributed by atoms with van der Waals surface area (Å²) in [6, 6.07) is 22.5. The van der Waals surface area contributed by atoms with Crippen LogP contribution in [0.3, 0.4) is 0 Å². The van der Waals surface area contributed by atoms with Crippen molar-refractivity contribution < 1.29 is 23.7 Å². The van der Waals surface area contributed by atoms with Crippen LogP contribution in [0.15, 0.2) is 78.9 Å². The summed E-state index contributed by atoms with van der Waals surface area (Å²) in [5, 5.41) is 2.89. The Morgan fingerprint density at radius 3 is 2.34 bits per heavy atom. The van der Waals surface area contributed by atoms with Crippen molar-refractivity contribution in [1.82, 2.24) is 10.7 Å². The number of ether oxygens (including phenoxy) is 2. The molecule has 2 N–H and O–H groups in total. The van der Waals surface area contributed by atoms with Crippen molar-refractivity contribution in [1.29, 1.82) is 0 Å². The van der Waals surface area contributed by atoms with E-state index in [-0.39, 0.29) is 11.8 Å². The molecule has 3 aromatic rings. The molecule has 7 heteroatoms. The molecule has 1 saturated heterocycles. The fourth-order valence-electron chi connectivity index (χ4n) is 3.68. The summed E-state index contributed by atoms with van der Waals surface area (Å²) >= 11 is 0. The predicted molar refractivity (Wildman–Crippen MR) is 120 cm³/mol. The summed E-state index contributed by atoms with van der Waals surface area (Å²) in [6.45, 7) is 0. The minimum Gasteiger partial charge on any atom is -0.497 e. The number of hydrogen-bond acceptors (Lipinski definition) is 4. The van der Waals surface area contributed by atoms with E-state index < -0.39 is 12.1 Å². The van der Waals surface area contributed by atoms with Crippen molar-refractivity contribution in [3.63, 3.8) is 0 Å². The molecule has 4 rings (SSSR count). The van der Waals surface area contributed by atoms with Crippen molar-refractivity contribution >= 4 is 18.0 Å². The molecule has 3 aromatic carbocycles. The van der Waals surface area contributed by atoms with Gasteiger partial charge in [0.05, 0.1) is 14.2 Å². The first-order valence-electron chi connectivity index (χ1n) is 10.2. The standard InChI is InChI=1S/C25H23N3O4/c1-31-20-13-11-18(12-14-20)23-22(26-24(29)19-8-4-3-5-9-19)25(30)27-28(23)16-17-7-6-10-21(15-17)32-2/h3-16,22-23H,1-2H3,(H-,26,27,29,30)/p+1/b28-16-/t22-,23+/m0/s1. The van der Waals surface area contributed by atoms with Crippen LogP contribution < -0.4 is 20.2 Å². The molecular formula is C25H24N3O4+. The number of nitrogens with zero attached hydrogens (tertiary/aromatic N) is 1. The highest BCUT2D eigenvalue weighted by Gasteiger charge is 2.47. The molecule has 0 saturated carbocycles. The van der Waals surface area contributed by atoms with Gasteiger partial charge in [0.1, 0.15) is 11.5 Å². The quantitative estimate of drug-likeness (QED) is 0.590. The summed E-state index contributed by atoms with van der Waals surface area (Å²) in [5.41, 5.74) is 5.06. The highest BCUT2D eigenvalue weighted by molar-refractivity contribution is 5.98. The molecule has 7 nitrogen and oxygen atoms in total. The Bertz CT molecular complexity index is 1140. The van der Waals surface area contributed by atoms with Crippen LogP contribution in [-0.4, -0.2) is 43.0 Å². The third kappa shape index (κ3) is 4.46. The number of nitrogens with one attached hydrogen (secondary N) is 2. The van der Waals surface area contributed by atoms with Gasteiger partial charge in [0.15, 0.2) is 6.04 Å². The average Bonchev–Trinajstić information content (AvgIpc) is 3.13. The van der Waals surface area contributed by atoms with Gasteiger partial charge < -0.3 is 14.8 Å². The van der Waals surface area contributed by atoms with Crippen molar-refractivity contribution in [3.8, 4) is 11.5 Å². The van der Waals surface area contributed by atoms with E-state index in [4.69, 9.17) is 9.47 Å². The van der Waals surface area contributed by atoms with E-state index in [1.54, 1.807) is 43.2 Å². The average molecular weight is 430 g/mol. The molecule has 32 heavy (non-hydrogen) atoms. The smallest absolute Gasteiger partial charge is 0.304 e. The molecule has 2 amide bonds. The highest BCUT2D eigenvalue weighted by atomic mass is 16.5. The lowest BCUT2D eigenvalue weighted by molar-refractivity contribution is -0.596. The summed E-state index contributed by atoms with van der Waals surface area (Å²) < 4.78 is 12.3. The Hall–Kier alpha value is -4.13. The van der Waals surface area contributed by atoms with E-state index in [1.807, 2.05) is 60.8 Å². The number of carbonyl (C=O) groups excluding carboxylic acids is 2. The number of methoxy groups -OCH3 is 2. The number of carbonyl (C=O) groups is 2. The zero-order valence-electron chi connectivity index (χ0n) is 17.8. The molecule has 1 fully saturated rings. The summed E-state index contributed by atoms with van der Waals surface area (Å²) in [7, 11) is 3.20. The van der Waals surface area contributed by atoms with E-state index in [2.05, 4.69) is 10.7 Å². The van der Waals surface area contributed by atoms with Gasteiger partial charge in [0, 0.05) is 16.7 Å². The summed E-state index contributed by atoms with van der Waals surface area (Å²) in [6.07, 6.45) is 1.82. The van der Waals surface area contributed by atoms with Gasteiger partial charge in [0.2, 0.25) is 12.3 Å². The fourth-order valence-corrected chi connectivity index (χ4v) is 3.68. The molecule has 1 heterocycles. The van der Waals surface area contributed by atoms with Crippen LogP contribution in [0.4, 0.5) is 0 Å². The number of hydrazine groups is 1. The van der Waals surface area contributed by atoms with Gasteiger partial charge in [-0.05, 0) is 54.6 Å². The van der Waals surface area contributed by atoms with Gasteiger partial charge >= 0.3 is 5.91 Å². The molecule has 0 aliphatic carbocycles. The Morgan fingerprint density at radius 2 is 1.66 bits per heavy atom. The molecule has 0 aromatic heterocycles. The monoisotopic (exact) mass is 430 g/mol. The third-order valence-electron chi connectivity index (χ3n) is 5.30. The molecule has 1 aliphatic rings. The van der Waals surface area contributed by atoms with Crippen LogP contribution in [-0.2, 0) is 4.79 Å². The van der Waals surface area contributed by atoms with Crippen molar-refractivity contribution in [2.24, 2.45) is 0 Å². The van der Waals surface area contributed by atoms with Crippen LogP contribution in [0.25, 0.3) is 0 Å². The lowest BCUT2D eigenvalue weighted by atomic mass is 9.99. The SMILES string of the molecule is COc1ccc([C@@H]2[C@H](NC(=O)c3ccccc3)C(=O)N/[N+]2=C\c2cccc(OC)c2)cc1. The van der Waals surface area contributed by atoms with Gasteiger partial charge in [0.25, 0.3) is 5.91 Å². The topological polar surface area (TPSA) is 79.7 Å². The summed E-state index contributed by atoms with van der Waals surface area (Å²) in [5.74, 6) is 0.806. The second kappa shape index (κ2) is 9.34. The van der Waals surface area contributed by atoms with E-state index in [0.29, 0.717) is 17.1 Å². The van der Waals surface area contributed by atoms with Crippen molar-refractivity contribution in [2.75, 3.05) is 14.2 Å². The maximum absolute atomic E-state index is 12.9. The largest absolute Gasteiger partial charge is 0.497 e. The number of benzene rings is 3. The maximum Gasteiger partial charge on any atom is 0.304 e. The van der Waals surface area contributed by atoms with Crippen LogP contribution >= 0.6 is 0 Å². The van der Waals surface area contributed by atoms with Crippen molar-refractivity contribution in [3.05, 3.63) is 95.6 Å². The fraction of sp³-hybridized carbons (Fsp3) is 0.160. The van der Waals surface area contributed by atoms with Crippen LogP contribution in [0.2, 0.25) is 0 Å². The Labute approximate surface area is 186 Å². The number of rotatable bonds is 6. The van der Waals surface area contributed by atoms with Gasteiger partial charge in [-0.2, -0.15) is 0 Å². The molecule has 1 aliphatic heterocycles. The molecule has 0 spiro atoms. The zero-order chi connectivity index (χ0) is 22.5. The predicted octanol–water partition coefficient (Wildman–Crippen LogP) is 2.72. The van der Waals surface area contributed by atoms with Crippen LogP contribution in [0.5, 0.6) is 11.5 Å². The van der Waals surface area contributed by atoms with E-state index in [1.165, 1.54) is 0 Å². The molecular weight excluding hydrogens is 406 g/mol. The van der Waals surface area contributed by atoms with Gasteiger partial charge in [-0.25, -0.2) is 0 Å². The first kappa shape index (κ1) is 21.1. The Morgan fingerprint density at radius 1 is 0.938 bits per heavy atom. The van der Waals surface area contributed by atoms with Gasteiger partial charge in [-0.1, -0.05) is 24.3 Å². The van der Waals surface area contributed by atoms with E-state index in [9.17, 15) is 9.59 Å². The summed E-state index contributed by atoms with van der Waals surface area (Å²) in [4.78, 5) is 25.8. The van der Waals surface area contributed by atoms with Crippen molar-refractivity contribution in [2.45, 2.75) is 12.1 Å². The maximum atomic E-state index is 12.9. The first-order chi connectivity index (χ1) is 15.6. The minimum absolute atomic E-state index is 0.297. The highest BCUT2D eigenvalue weighted by Crippen LogP contribution is 2.27. The number of hydrogen-bond donors (Lipinski definition) is 2. The van der Waals surface area contributed by atoms with Crippen LogP contribution in [0, 0.1) is 0 Å². The lowest BCUT2D eigenvalue weighted by Gasteiger charge is -2.15. The molecule has 2 atom stereocenters. The normalized spacial score (nSPS) is 18.8. The molecule has 162 valence electrons. The number of amides is 2. The first-order valence-corrected chi connectivity index (χ1v) is 10.2. The Kier molecular flexibility index (Phi) is 6.17. The lowest BCUT2D eigenvalue weighted by Crippen LogP contribution is -2.42. The Balaban J connectivity index is 1.71. The van der Waals surface area contributed by atoms with E-state index >= 15 is 0 Å². The minimum atomic E-state index is -0.794. The second-order valence-electron chi connectivity index (χ2n) is 7.32. The van der Waals surface area contributed by atoms with E-state index in [0.717, 1.165) is 11.1 Å². The van der Waals surface area contributed by atoms with Gasteiger partial charge in [-0.15, -0.1) is 10.1 Å². The molecule has 0 unspecified atom stereocenters. The zero-order valence-corrected chi connectivity index (χ0v) is 17.8. The molecule has 0 bridgehead atoms. The number of hydrazone groups is 1. The van der Waals surface area contributed by atoms with Crippen LogP contribution in [0.1, 0.15) is 27.5 Å². The second-order valence-corrected chi connectivity index (χ2v) is 7.32. The third-order valence-corrected chi connectivity index (χ3v) is 5.30.